The molecule has 3 rings (SSSR count). The molecule has 17 atom stereocenters. The van der Waals surface area contributed by atoms with Crippen LogP contribution < -0.4 is 5.32 Å². The number of unbranched alkanes of at least 4 members (excludes halogenated alkanes) is 18. The fourth-order valence-electron chi connectivity index (χ4n) is 9.83. The Kier molecular flexibility index (Phi) is 37.4. The SMILES string of the molecule is CC/C=C\C/C=C\C/C=C\C/C=C\CCCCCCCCCCCCCCCCCCC(=O)NC(COC1OC(CO)C(OC2OC(CO)C(OC3OC(CO)C(O)C(O)C3O)C(O)C2O)C(O)C1O)C(O)CCCCC. The molecule has 1 amide bonds. The Bertz CT molecular complexity index is 1600. The number of aliphatic hydroxyl groups is 11. The third-order valence-electron chi connectivity index (χ3n) is 14.7. The first-order valence-corrected chi connectivity index (χ1v) is 29.4. The second-order valence-corrected chi connectivity index (χ2v) is 21.1. The first-order chi connectivity index (χ1) is 37.3. The zero-order valence-corrected chi connectivity index (χ0v) is 46.4. The smallest absolute Gasteiger partial charge is 0.220 e. The van der Waals surface area contributed by atoms with Gasteiger partial charge in [0.05, 0.1) is 38.6 Å². The maximum absolute atomic E-state index is 13.1. The summed E-state index contributed by atoms with van der Waals surface area (Å²) >= 11 is 0. The van der Waals surface area contributed by atoms with Crippen molar-refractivity contribution in [2.45, 2.75) is 285 Å². The van der Waals surface area contributed by atoms with E-state index in [4.69, 9.17) is 28.4 Å². The van der Waals surface area contributed by atoms with Gasteiger partial charge in [0.25, 0.3) is 0 Å². The summed E-state index contributed by atoms with van der Waals surface area (Å²) in [6, 6.07) is -0.882. The Morgan fingerprint density at radius 3 is 1.38 bits per heavy atom. The van der Waals surface area contributed by atoms with Gasteiger partial charge in [-0.25, -0.2) is 0 Å². The topological polar surface area (TPSA) is 307 Å². The molecule has 0 bridgehead atoms. The van der Waals surface area contributed by atoms with E-state index in [1.54, 1.807) is 0 Å². The fourth-order valence-corrected chi connectivity index (χ4v) is 9.83. The lowest BCUT2D eigenvalue weighted by Gasteiger charge is -2.48. The number of amides is 1. The first-order valence-electron chi connectivity index (χ1n) is 29.4. The third kappa shape index (κ3) is 26.0. The minimum atomic E-state index is -1.97. The van der Waals surface area contributed by atoms with Gasteiger partial charge in [-0.2, -0.15) is 0 Å². The number of nitrogens with one attached hydrogen (secondary N) is 1. The van der Waals surface area contributed by atoms with Crippen molar-refractivity contribution in [3.63, 3.8) is 0 Å². The highest BCUT2D eigenvalue weighted by atomic mass is 16.8. The van der Waals surface area contributed by atoms with Gasteiger partial charge in [0.15, 0.2) is 18.9 Å². The van der Waals surface area contributed by atoms with E-state index >= 15 is 0 Å². The maximum atomic E-state index is 13.1. The van der Waals surface area contributed by atoms with Crippen molar-refractivity contribution in [1.82, 2.24) is 5.32 Å². The minimum Gasteiger partial charge on any atom is -0.394 e. The van der Waals surface area contributed by atoms with Gasteiger partial charge in [0.2, 0.25) is 5.91 Å². The van der Waals surface area contributed by atoms with Gasteiger partial charge < -0.3 is 89.9 Å². The monoisotopic (exact) mass is 1100 g/mol. The van der Waals surface area contributed by atoms with E-state index in [0.717, 1.165) is 57.8 Å². The van der Waals surface area contributed by atoms with Gasteiger partial charge in [-0.05, 0) is 51.4 Å². The summed E-state index contributed by atoms with van der Waals surface area (Å²) in [6.07, 6.45) is 19.2. The second kappa shape index (κ2) is 41.7. The zero-order valence-electron chi connectivity index (χ0n) is 46.4. The van der Waals surface area contributed by atoms with Gasteiger partial charge >= 0.3 is 0 Å². The zero-order chi connectivity index (χ0) is 56.2. The molecule has 0 radical (unpaired) electrons. The molecule has 77 heavy (non-hydrogen) atoms. The van der Waals surface area contributed by atoms with Crippen LogP contribution in [0.4, 0.5) is 0 Å². The van der Waals surface area contributed by atoms with Crippen LogP contribution in [0.3, 0.4) is 0 Å². The lowest BCUT2D eigenvalue weighted by molar-refractivity contribution is -0.379. The number of ether oxygens (including phenoxy) is 6. The molecule has 19 nitrogen and oxygen atoms in total. The first kappa shape index (κ1) is 69.0. The number of aliphatic hydroxyl groups excluding tert-OH is 11. The summed E-state index contributed by atoms with van der Waals surface area (Å²) in [6.45, 7) is 1.47. The van der Waals surface area contributed by atoms with Crippen molar-refractivity contribution in [2.24, 2.45) is 0 Å². The summed E-state index contributed by atoms with van der Waals surface area (Å²) in [4.78, 5) is 13.1. The van der Waals surface area contributed by atoms with Crippen molar-refractivity contribution in [3.05, 3.63) is 48.6 Å². The molecule has 0 aromatic carbocycles. The number of carbonyl (C=O) groups is 1. The largest absolute Gasteiger partial charge is 0.394 e. The van der Waals surface area contributed by atoms with Crippen LogP contribution in [0.5, 0.6) is 0 Å². The van der Waals surface area contributed by atoms with Crippen LogP contribution in [-0.4, -0.2) is 193 Å². The predicted molar refractivity (Wildman–Crippen MR) is 291 cm³/mol. The second-order valence-electron chi connectivity index (χ2n) is 21.1. The molecule has 3 saturated heterocycles. The molecule has 3 fully saturated rings. The summed E-state index contributed by atoms with van der Waals surface area (Å²) in [5, 5.41) is 119. The summed E-state index contributed by atoms with van der Waals surface area (Å²) < 4.78 is 34.0. The Balaban J connectivity index is 1.30. The van der Waals surface area contributed by atoms with Gasteiger partial charge in [0, 0.05) is 6.42 Å². The van der Waals surface area contributed by atoms with E-state index in [2.05, 4.69) is 60.8 Å². The highest BCUT2D eigenvalue weighted by Crippen LogP contribution is 2.33. The van der Waals surface area contributed by atoms with Crippen LogP contribution in [-0.2, 0) is 33.2 Å². The van der Waals surface area contributed by atoms with Gasteiger partial charge in [-0.3, -0.25) is 4.79 Å². The minimum absolute atomic E-state index is 0.257. The van der Waals surface area contributed by atoms with E-state index in [-0.39, 0.29) is 18.9 Å². The van der Waals surface area contributed by atoms with E-state index < -0.39 is 124 Å². The average molecular weight is 1100 g/mol. The standard InChI is InChI=1S/C58H103NO18/c1-3-5-7-8-9-10-11-12-13-14-15-16-17-18-19-20-21-22-23-24-25-26-27-28-29-30-31-32-34-36-46(64)59-41(42(63)35-33-6-4-2)40-72-56-52(70)49(67)54(44(38-61)74-56)77-58-53(71)50(68)55(45(39-62)75-58)76-57-51(69)48(66)47(65)43(37-60)73-57/h5,7,9-10,12-13,15-16,41-45,47-58,60-63,65-71H,3-4,6,8,11,14,17-40H2,1-2H3,(H,59,64)/b7-5-,10-9-,13-12-,16-15-. The van der Waals surface area contributed by atoms with Crippen LogP contribution in [0.15, 0.2) is 48.6 Å². The Morgan fingerprint density at radius 2 is 0.896 bits per heavy atom. The maximum Gasteiger partial charge on any atom is 0.220 e. The molecule has 0 saturated carbocycles. The van der Waals surface area contributed by atoms with E-state index in [9.17, 15) is 61.0 Å². The number of carbonyl (C=O) groups excluding carboxylic acids is 1. The lowest BCUT2D eigenvalue weighted by atomic mass is 9.96. The highest BCUT2D eigenvalue weighted by Gasteiger charge is 2.53. The number of rotatable bonds is 42. The van der Waals surface area contributed by atoms with Crippen molar-refractivity contribution >= 4 is 5.91 Å². The average Bonchev–Trinajstić information content (AvgIpc) is 3.43. The lowest BCUT2D eigenvalue weighted by Crippen LogP contribution is -2.66. The number of hydrogen-bond acceptors (Lipinski definition) is 18. The molecular formula is C58H103NO18. The molecule has 0 aromatic rings. The molecule has 17 unspecified atom stereocenters. The molecule has 3 aliphatic rings. The quantitative estimate of drug-likeness (QED) is 0.0291. The molecular weight excluding hydrogens is 999 g/mol. The number of allylic oxidation sites excluding steroid dienone is 8. The fraction of sp³-hybridized carbons (Fsp3) is 0.845. The summed E-state index contributed by atoms with van der Waals surface area (Å²) in [5.74, 6) is -0.257. The van der Waals surface area contributed by atoms with E-state index in [1.165, 1.54) is 83.5 Å². The molecule has 12 N–H and O–H groups in total. The van der Waals surface area contributed by atoms with E-state index in [1.807, 2.05) is 6.92 Å². The van der Waals surface area contributed by atoms with Crippen LogP contribution in [0.25, 0.3) is 0 Å². The van der Waals surface area contributed by atoms with Crippen LogP contribution in [0, 0.1) is 0 Å². The van der Waals surface area contributed by atoms with Gasteiger partial charge in [-0.15, -0.1) is 0 Å². The third-order valence-corrected chi connectivity index (χ3v) is 14.7. The Morgan fingerprint density at radius 1 is 0.481 bits per heavy atom. The molecule has 3 aliphatic heterocycles. The van der Waals surface area contributed by atoms with Gasteiger partial charge in [0.1, 0.15) is 73.2 Å². The molecule has 0 spiro atoms. The van der Waals surface area contributed by atoms with Crippen LogP contribution in [0.1, 0.15) is 181 Å². The molecule has 0 aliphatic carbocycles. The van der Waals surface area contributed by atoms with Crippen LogP contribution in [0.2, 0.25) is 0 Å². The molecule has 3 heterocycles. The predicted octanol–water partition coefficient (Wildman–Crippen LogP) is 4.70. The van der Waals surface area contributed by atoms with Crippen molar-refractivity contribution in [2.75, 3.05) is 26.4 Å². The summed E-state index contributed by atoms with van der Waals surface area (Å²) in [5.41, 5.74) is 0. The van der Waals surface area contributed by atoms with Crippen molar-refractivity contribution < 1.29 is 89.4 Å². The molecule has 448 valence electrons. The molecule has 19 heteroatoms. The Hall–Kier alpha value is -2.25. The Labute approximate surface area is 459 Å². The summed E-state index contributed by atoms with van der Waals surface area (Å²) in [7, 11) is 0. The van der Waals surface area contributed by atoms with Crippen molar-refractivity contribution in [3.8, 4) is 0 Å². The van der Waals surface area contributed by atoms with Crippen LogP contribution >= 0.6 is 0 Å². The van der Waals surface area contributed by atoms with Gasteiger partial charge in [-0.1, -0.05) is 172 Å². The molecule has 0 aromatic heterocycles. The highest BCUT2D eigenvalue weighted by molar-refractivity contribution is 5.76. The normalized spacial score (nSPS) is 31.1. The van der Waals surface area contributed by atoms with Crippen molar-refractivity contribution in [1.29, 1.82) is 0 Å². The number of hydrogen-bond donors (Lipinski definition) is 12. The van der Waals surface area contributed by atoms with E-state index in [0.29, 0.717) is 19.3 Å².